The molecule has 0 bridgehead atoms. The number of allylic oxidation sites excluding steroid dienone is 1. The van der Waals surface area contributed by atoms with Gasteiger partial charge in [0.05, 0.1) is 11.8 Å². The van der Waals surface area contributed by atoms with Crippen LogP contribution in [0, 0.1) is 34.5 Å². The maximum Gasteiger partial charge on any atom is 0.303 e. The third-order valence-corrected chi connectivity index (χ3v) is 11.1. The number of carbonyl (C=O) groups is 2. The number of ether oxygens (including phenoxy) is 4. The molecule has 10 atom stereocenters. The lowest BCUT2D eigenvalue weighted by Gasteiger charge is -2.58. The van der Waals surface area contributed by atoms with Crippen molar-refractivity contribution in [2.24, 2.45) is 39.7 Å². The van der Waals surface area contributed by atoms with Gasteiger partial charge in [-0.25, -0.2) is 0 Å². The first kappa shape index (κ1) is 30.3. The number of oxime groups is 1. The molecule has 41 heavy (non-hydrogen) atoms. The van der Waals surface area contributed by atoms with E-state index in [1.54, 1.807) is 11.6 Å². The summed E-state index contributed by atoms with van der Waals surface area (Å²) in [6.45, 7) is 12.5. The molecule has 0 N–H and O–H groups in total. The first-order valence-corrected chi connectivity index (χ1v) is 15.7. The fraction of sp³-hybridized carbons (Fsp3) is 0.788. The predicted molar refractivity (Wildman–Crippen MR) is 155 cm³/mol. The number of nitrogens with zero attached hydrogens (tertiary/aromatic N) is 1. The van der Waals surface area contributed by atoms with Crippen LogP contribution in [0.25, 0.3) is 0 Å². The summed E-state index contributed by atoms with van der Waals surface area (Å²) in [6, 6.07) is 0. The van der Waals surface area contributed by atoms with Crippen LogP contribution in [0.2, 0.25) is 0 Å². The zero-order chi connectivity index (χ0) is 29.4. The van der Waals surface area contributed by atoms with Crippen LogP contribution in [-0.2, 0) is 33.4 Å². The van der Waals surface area contributed by atoms with E-state index in [-0.39, 0.29) is 18.1 Å². The normalized spacial score (nSPS) is 41.9. The van der Waals surface area contributed by atoms with Gasteiger partial charge >= 0.3 is 11.9 Å². The van der Waals surface area contributed by atoms with Crippen LogP contribution in [0.5, 0.6) is 0 Å². The van der Waals surface area contributed by atoms with E-state index in [4.69, 9.17) is 23.8 Å². The summed E-state index contributed by atoms with van der Waals surface area (Å²) < 4.78 is 23.1. The molecule has 3 saturated carbocycles. The summed E-state index contributed by atoms with van der Waals surface area (Å²) in [5.41, 5.74) is 3.26. The molecule has 4 aliphatic carbocycles. The van der Waals surface area contributed by atoms with Crippen LogP contribution < -0.4 is 0 Å². The summed E-state index contributed by atoms with van der Waals surface area (Å²) in [7, 11) is 0. The van der Waals surface area contributed by atoms with Crippen molar-refractivity contribution in [1.82, 2.24) is 0 Å². The van der Waals surface area contributed by atoms with Gasteiger partial charge in [-0.3, -0.25) is 9.59 Å². The SMILES string of the molecule is CCO/N=C(\C)[C@H]1CC[C@H]2[C@@H]3CC=C4C[C@@H](OC5C=C[C@H](OC(C)=O)[C@@H](COC(C)=O)O5)CC[C@]4(C)[C@H]3CC[C@]12C. The second-order valence-corrected chi connectivity index (χ2v) is 13.4. The second kappa shape index (κ2) is 12.2. The minimum atomic E-state index is -0.610. The molecule has 1 heterocycles. The number of esters is 2. The number of fused-ring (bicyclic) bond motifs is 5. The van der Waals surface area contributed by atoms with E-state index in [0.717, 1.165) is 37.5 Å². The van der Waals surface area contributed by atoms with Crippen LogP contribution in [0.1, 0.15) is 92.9 Å². The van der Waals surface area contributed by atoms with Gasteiger partial charge in [-0.05, 0) is 106 Å². The zero-order valence-corrected chi connectivity index (χ0v) is 25.7. The molecule has 8 nitrogen and oxygen atoms in total. The molecule has 1 unspecified atom stereocenters. The summed E-state index contributed by atoms with van der Waals surface area (Å²) >= 11 is 0. The van der Waals surface area contributed by atoms with Gasteiger partial charge < -0.3 is 23.8 Å². The largest absolute Gasteiger partial charge is 0.463 e. The fourth-order valence-corrected chi connectivity index (χ4v) is 9.19. The van der Waals surface area contributed by atoms with E-state index in [1.165, 1.54) is 45.2 Å². The lowest BCUT2D eigenvalue weighted by Crippen LogP contribution is -2.51. The lowest BCUT2D eigenvalue weighted by molar-refractivity contribution is -0.213. The van der Waals surface area contributed by atoms with Crippen molar-refractivity contribution in [3.63, 3.8) is 0 Å². The smallest absolute Gasteiger partial charge is 0.303 e. The Morgan fingerprint density at radius 3 is 2.56 bits per heavy atom. The van der Waals surface area contributed by atoms with Crippen molar-refractivity contribution in [3.8, 4) is 0 Å². The minimum Gasteiger partial charge on any atom is -0.463 e. The van der Waals surface area contributed by atoms with Gasteiger partial charge in [-0.2, -0.15) is 0 Å². The molecule has 228 valence electrons. The molecule has 8 heteroatoms. The third kappa shape index (κ3) is 6.01. The highest BCUT2D eigenvalue weighted by Gasteiger charge is 2.59. The zero-order valence-electron chi connectivity index (χ0n) is 25.7. The molecule has 0 aromatic carbocycles. The topological polar surface area (TPSA) is 92.6 Å². The fourth-order valence-electron chi connectivity index (χ4n) is 9.19. The Morgan fingerprint density at radius 2 is 1.83 bits per heavy atom. The maximum atomic E-state index is 11.6. The van der Waals surface area contributed by atoms with E-state index >= 15 is 0 Å². The Kier molecular flexibility index (Phi) is 9.01. The van der Waals surface area contributed by atoms with Crippen molar-refractivity contribution in [3.05, 3.63) is 23.8 Å². The van der Waals surface area contributed by atoms with Gasteiger partial charge in [0.25, 0.3) is 0 Å². The Bertz CT molecular complexity index is 1080. The van der Waals surface area contributed by atoms with Crippen molar-refractivity contribution in [1.29, 1.82) is 0 Å². The lowest BCUT2D eigenvalue weighted by atomic mass is 9.47. The highest BCUT2D eigenvalue weighted by atomic mass is 16.7. The standard InChI is InChI=1S/C33H49NO7/c1-7-38-34-20(2)26-10-11-27-25-9-8-23-18-24(14-16-32(23,5)28(25)15-17-33(26,27)6)40-31-13-12-29(39-22(4)36)30(41-31)19-37-21(3)35/h8,12-13,24-31H,7,9-11,14-19H2,1-6H3/b34-20+/t24-,25-,26+,27-,28-,29-,30+,31?,32-,33+/m0/s1. The van der Waals surface area contributed by atoms with Crippen molar-refractivity contribution < 1.29 is 33.4 Å². The molecule has 0 aromatic rings. The average Bonchev–Trinajstić information content (AvgIpc) is 3.29. The predicted octanol–water partition coefficient (Wildman–Crippen LogP) is 6.14. The van der Waals surface area contributed by atoms with E-state index in [1.807, 2.05) is 13.0 Å². The first-order valence-electron chi connectivity index (χ1n) is 15.7. The van der Waals surface area contributed by atoms with Gasteiger partial charge in [-0.15, -0.1) is 0 Å². The van der Waals surface area contributed by atoms with Gasteiger partial charge in [0, 0.05) is 19.8 Å². The van der Waals surface area contributed by atoms with Gasteiger partial charge in [0.2, 0.25) is 0 Å². The van der Waals surface area contributed by atoms with E-state index in [2.05, 4.69) is 32.0 Å². The average molecular weight is 572 g/mol. The van der Waals surface area contributed by atoms with Crippen LogP contribution >= 0.6 is 0 Å². The molecule has 0 spiro atoms. The Labute approximate surface area is 245 Å². The van der Waals surface area contributed by atoms with E-state index in [0.29, 0.717) is 23.9 Å². The number of carbonyl (C=O) groups excluding carboxylic acids is 2. The number of hydrogen-bond acceptors (Lipinski definition) is 8. The molecule has 0 saturated heterocycles. The highest BCUT2D eigenvalue weighted by Crippen LogP contribution is 2.66. The summed E-state index contributed by atoms with van der Waals surface area (Å²) in [6.07, 6.45) is 13.7. The van der Waals surface area contributed by atoms with Gasteiger partial charge in [0.15, 0.2) is 6.29 Å². The molecule has 5 rings (SSSR count). The summed E-state index contributed by atoms with van der Waals surface area (Å²) in [4.78, 5) is 28.4. The van der Waals surface area contributed by atoms with Gasteiger partial charge in [-0.1, -0.05) is 30.7 Å². The molecule has 0 amide bonds. The summed E-state index contributed by atoms with van der Waals surface area (Å²) in [5.74, 6) is 1.90. The van der Waals surface area contributed by atoms with Crippen molar-refractivity contribution in [2.45, 2.75) is 118 Å². The number of hydrogen-bond donors (Lipinski definition) is 0. The quantitative estimate of drug-likeness (QED) is 0.150. The molecule has 3 fully saturated rings. The molecule has 0 aromatic heterocycles. The van der Waals surface area contributed by atoms with Crippen LogP contribution in [0.3, 0.4) is 0 Å². The molecule has 1 aliphatic heterocycles. The Morgan fingerprint density at radius 1 is 1.02 bits per heavy atom. The molecule has 0 radical (unpaired) electrons. The number of rotatable bonds is 8. The van der Waals surface area contributed by atoms with Crippen LogP contribution in [0.4, 0.5) is 0 Å². The third-order valence-electron chi connectivity index (χ3n) is 11.1. The van der Waals surface area contributed by atoms with E-state index in [9.17, 15) is 9.59 Å². The van der Waals surface area contributed by atoms with Crippen molar-refractivity contribution in [2.75, 3.05) is 13.2 Å². The highest BCUT2D eigenvalue weighted by molar-refractivity contribution is 5.85. The molecular weight excluding hydrogens is 522 g/mol. The minimum absolute atomic E-state index is 0.00634. The van der Waals surface area contributed by atoms with Crippen LogP contribution in [-0.4, -0.2) is 55.5 Å². The maximum absolute atomic E-state index is 11.6. The first-order chi connectivity index (χ1) is 19.5. The van der Waals surface area contributed by atoms with E-state index < -0.39 is 30.4 Å². The molecular formula is C33H49NO7. The second-order valence-electron chi connectivity index (χ2n) is 13.4. The Hall–Kier alpha value is -2.19. The molecule has 5 aliphatic rings. The van der Waals surface area contributed by atoms with Crippen molar-refractivity contribution >= 4 is 17.7 Å². The summed E-state index contributed by atoms with van der Waals surface area (Å²) in [5, 5.41) is 4.47. The Balaban J connectivity index is 1.24. The van der Waals surface area contributed by atoms with Crippen LogP contribution in [0.15, 0.2) is 29.0 Å². The van der Waals surface area contributed by atoms with Gasteiger partial charge in [0.1, 0.15) is 25.4 Å². The monoisotopic (exact) mass is 571 g/mol.